The van der Waals surface area contributed by atoms with Gasteiger partial charge in [-0.15, -0.1) is 6.58 Å². The predicted octanol–water partition coefficient (Wildman–Crippen LogP) is 3.37. The average molecular weight is 183 g/mol. The molecule has 0 heterocycles. The van der Waals surface area contributed by atoms with Crippen LogP contribution in [0.25, 0.3) is 0 Å². The van der Waals surface area contributed by atoms with Crippen LogP contribution in [0.5, 0.6) is 0 Å². The predicted molar refractivity (Wildman–Crippen MR) is 61.0 cm³/mol. The monoisotopic (exact) mass is 183 g/mol. The summed E-state index contributed by atoms with van der Waals surface area (Å²) in [6, 6.07) is 0. The first-order valence-corrected chi connectivity index (χ1v) is 5.62. The molecular formula is C12H25N. The van der Waals surface area contributed by atoms with Crippen molar-refractivity contribution in [3.05, 3.63) is 12.7 Å². The lowest BCUT2D eigenvalue weighted by Crippen LogP contribution is -2.20. The summed E-state index contributed by atoms with van der Waals surface area (Å²) in [5.41, 5.74) is 0. The van der Waals surface area contributed by atoms with Crippen molar-refractivity contribution >= 4 is 0 Å². The number of hydrogen-bond donors (Lipinski definition) is 1. The fourth-order valence-electron chi connectivity index (χ4n) is 1.45. The number of hydrogen-bond acceptors (Lipinski definition) is 1. The summed E-state index contributed by atoms with van der Waals surface area (Å²) >= 11 is 0. The van der Waals surface area contributed by atoms with Crippen molar-refractivity contribution in [2.75, 3.05) is 13.1 Å². The van der Waals surface area contributed by atoms with Gasteiger partial charge in [-0.05, 0) is 38.3 Å². The minimum absolute atomic E-state index is 0.837. The van der Waals surface area contributed by atoms with Crippen LogP contribution in [0, 0.1) is 5.92 Å². The van der Waals surface area contributed by atoms with Crippen molar-refractivity contribution in [3.63, 3.8) is 0 Å². The smallest absolute Gasteiger partial charge is 0.00233 e. The lowest BCUT2D eigenvalue weighted by Gasteiger charge is -2.10. The van der Waals surface area contributed by atoms with Gasteiger partial charge in [0, 0.05) is 0 Å². The van der Waals surface area contributed by atoms with E-state index in [1.165, 1.54) is 38.6 Å². The molecule has 0 aromatic heterocycles. The molecule has 78 valence electrons. The molecule has 0 aliphatic carbocycles. The van der Waals surface area contributed by atoms with Crippen molar-refractivity contribution in [1.82, 2.24) is 5.32 Å². The molecule has 1 N–H and O–H groups in total. The van der Waals surface area contributed by atoms with Crippen LogP contribution in [-0.2, 0) is 0 Å². The van der Waals surface area contributed by atoms with Gasteiger partial charge < -0.3 is 5.32 Å². The maximum absolute atomic E-state index is 3.72. The molecule has 0 aromatic carbocycles. The summed E-state index contributed by atoms with van der Waals surface area (Å²) in [6.45, 7) is 10.5. The van der Waals surface area contributed by atoms with Crippen LogP contribution in [0.3, 0.4) is 0 Å². The number of nitrogens with one attached hydrogen (secondary N) is 1. The van der Waals surface area contributed by atoms with Gasteiger partial charge in [-0.1, -0.05) is 32.8 Å². The van der Waals surface area contributed by atoms with E-state index in [9.17, 15) is 0 Å². The van der Waals surface area contributed by atoms with Gasteiger partial charge in [-0.2, -0.15) is 0 Å². The third kappa shape index (κ3) is 9.62. The van der Waals surface area contributed by atoms with Crippen LogP contribution in [0.2, 0.25) is 0 Å². The van der Waals surface area contributed by atoms with E-state index in [0.29, 0.717) is 0 Å². The molecule has 0 rings (SSSR count). The minimum atomic E-state index is 0.837. The van der Waals surface area contributed by atoms with E-state index in [4.69, 9.17) is 0 Å². The first-order valence-electron chi connectivity index (χ1n) is 5.62. The molecule has 0 aromatic rings. The molecule has 13 heavy (non-hydrogen) atoms. The Bertz CT molecular complexity index is 110. The van der Waals surface area contributed by atoms with Gasteiger partial charge in [0.2, 0.25) is 0 Å². The number of rotatable bonds is 9. The molecule has 0 spiro atoms. The van der Waals surface area contributed by atoms with Gasteiger partial charge in [-0.25, -0.2) is 0 Å². The van der Waals surface area contributed by atoms with E-state index in [0.717, 1.165) is 12.5 Å². The molecule has 0 aliphatic rings. The molecule has 1 heteroatoms. The molecular weight excluding hydrogens is 158 g/mol. The Kier molecular flexibility index (Phi) is 9.56. The van der Waals surface area contributed by atoms with Crippen LogP contribution < -0.4 is 5.32 Å². The zero-order valence-electron chi connectivity index (χ0n) is 9.31. The standard InChI is InChI=1S/C12H25N/c1-4-6-7-8-9-10-12(3)11-13-5-2/h4,12-13H,1,5-11H2,2-3H3. The molecule has 0 aliphatic heterocycles. The molecule has 0 saturated carbocycles. The first-order chi connectivity index (χ1) is 6.31. The number of allylic oxidation sites excluding steroid dienone is 1. The third-order valence-corrected chi connectivity index (χ3v) is 2.35. The van der Waals surface area contributed by atoms with Crippen LogP contribution >= 0.6 is 0 Å². The second-order valence-corrected chi connectivity index (χ2v) is 3.84. The van der Waals surface area contributed by atoms with E-state index in [-0.39, 0.29) is 0 Å². The van der Waals surface area contributed by atoms with Gasteiger partial charge in [0.15, 0.2) is 0 Å². The van der Waals surface area contributed by atoms with Gasteiger partial charge >= 0.3 is 0 Å². The fraction of sp³-hybridized carbons (Fsp3) is 0.833. The zero-order valence-corrected chi connectivity index (χ0v) is 9.31. The normalized spacial score (nSPS) is 12.8. The van der Waals surface area contributed by atoms with Gasteiger partial charge in [0.05, 0.1) is 0 Å². The van der Waals surface area contributed by atoms with Crippen molar-refractivity contribution in [2.45, 2.75) is 46.0 Å². The Morgan fingerprint density at radius 3 is 2.69 bits per heavy atom. The van der Waals surface area contributed by atoms with Gasteiger partial charge in [0.1, 0.15) is 0 Å². The van der Waals surface area contributed by atoms with Crippen molar-refractivity contribution in [2.24, 2.45) is 5.92 Å². The SMILES string of the molecule is C=CCCCCCC(C)CNCC. The average Bonchev–Trinajstić information content (AvgIpc) is 2.14. The third-order valence-electron chi connectivity index (χ3n) is 2.35. The molecule has 1 nitrogen and oxygen atoms in total. The highest BCUT2D eigenvalue weighted by atomic mass is 14.8. The van der Waals surface area contributed by atoms with Crippen molar-refractivity contribution in [1.29, 1.82) is 0 Å². The Labute approximate surface area is 83.6 Å². The largest absolute Gasteiger partial charge is 0.317 e. The summed E-state index contributed by atoms with van der Waals surface area (Å²) in [4.78, 5) is 0. The highest BCUT2D eigenvalue weighted by Gasteiger charge is 1.99. The van der Waals surface area contributed by atoms with Crippen LogP contribution in [0.15, 0.2) is 12.7 Å². The van der Waals surface area contributed by atoms with E-state index >= 15 is 0 Å². The number of unbranched alkanes of at least 4 members (excludes halogenated alkanes) is 3. The summed E-state index contributed by atoms with van der Waals surface area (Å²) < 4.78 is 0. The molecule has 0 amide bonds. The highest BCUT2D eigenvalue weighted by molar-refractivity contribution is 4.65. The molecule has 0 bridgehead atoms. The first kappa shape index (κ1) is 12.7. The second-order valence-electron chi connectivity index (χ2n) is 3.84. The van der Waals surface area contributed by atoms with Gasteiger partial charge in [0.25, 0.3) is 0 Å². The molecule has 0 saturated heterocycles. The van der Waals surface area contributed by atoms with Crippen LogP contribution in [0.4, 0.5) is 0 Å². The summed E-state index contributed by atoms with van der Waals surface area (Å²) in [6.07, 6.45) is 8.62. The Morgan fingerprint density at radius 1 is 1.31 bits per heavy atom. The fourth-order valence-corrected chi connectivity index (χ4v) is 1.45. The minimum Gasteiger partial charge on any atom is -0.317 e. The van der Waals surface area contributed by atoms with E-state index in [1.807, 2.05) is 6.08 Å². The molecule has 1 atom stereocenters. The van der Waals surface area contributed by atoms with Crippen molar-refractivity contribution in [3.8, 4) is 0 Å². The summed E-state index contributed by atoms with van der Waals surface area (Å²) in [5.74, 6) is 0.837. The maximum atomic E-state index is 3.72. The molecule has 1 unspecified atom stereocenters. The topological polar surface area (TPSA) is 12.0 Å². The maximum Gasteiger partial charge on any atom is -0.00233 e. The Balaban J connectivity index is 3.07. The lowest BCUT2D eigenvalue weighted by atomic mass is 10.0. The van der Waals surface area contributed by atoms with Crippen molar-refractivity contribution < 1.29 is 0 Å². The quantitative estimate of drug-likeness (QED) is 0.427. The van der Waals surface area contributed by atoms with E-state index in [2.05, 4.69) is 25.7 Å². The summed E-state index contributed by atoms with van der Waals surface area (Å²) in [7, 11) is 0. The molecule has 0 radical (unpaired) electrons. The molecule has 0 fully saturated rings. The summed E-state index contributed by atoms with van der Waals surface area (Å²) in [5, 5.41) is 3.38. The highest BCUT2D eigenvalue weighted by Crippen LogP contribution is 2.09. The van der Waals surface area contributed by atoms with Gasteiger partial charge in [-0.3, -0.25) is 0 Å². The zero-order chi connectivity index (χ0) is 9.94. The van der Waals surface area contributed by atoms with Crippen LogP contribution in [0.1, 0.15) is 46.0 Å². The van der Waals surface area contributed by atoms with E-state index in [1.54, 1.807) is 0 Å². The second kappa shape index (κ2) is 9.79. The van der Waals surface area contributed by atoms with E-state index < -0.39 is 0 Å². The Morgan fingerprint density at radius 2 is 2.08 bits per heavy atom. The lowest BCUT2D eigenvalue weighted by molar-refractivity contribution is 0.461. The van der Waals surface area contributed by atoms with Crippen LogP contribution in [-0.4, -0.2) is 13.1 Å². The Hall–Kier alpha value is -0.300.